The molecular formula is C22H30F3N5O. The zero-order valence-corrected chi connectivity index (χ0v) is 18.2. The van der Waals surface area contributed by atoms with Crippen LogP contribution in [0.3, 0.4) is 0 Å². The Kier molecular flexibility index (Phi) is 7.25. The zero-order chi connectivity index (χ0) is 22.6. The van der Waals surface area contributed by atoms with Crippen LogP contribution < -0.4 is 5.32 Å². The number of nitrogens with one attached hydrogen (secondary N) is 2. The first kappa shape index (κ1) is 23.1. The molecule has 2 N–H and O–H groups in total. The van der Waals surface area contributed by atoms with Crippen molar-refractivity contribution in [3.63, 3.8) is 0 Å². The lowest BCUT2D eigenvalue weighted by Crippen LogP contribution is -2.50. The number of alkyl halides is 3. The van der Waals surface area contributed by atoms with Crippen LogP contribution in [0.25, 0.3) is 11.4 Å². The van der Waals surface area contributed by atoms with Crippen molar-refractivity contribution in [2.45, 2.75) is 51.9 Å². The predicted octanol–water partition coefficient (Wildman–Crippen LogP) is 4.42. The van der Waals surface area contributed by atoms with Crippen molar-refractivity contribution in [2.75, 3.05) is 26.7 Å². The van der Waals surface area contributed by atoms with E-state index in [4.69, 9.17) is 0 Å². The molecule has 0 spiro atoms. The number of likely N-dealkylation sites (tertiary alicyclic amines) is 1. The molecule has 1 saturated heterocycles. The smallest absolute Gasteiger partial charge is 0.342 e. The minimum atomic E-state index is -4.35. The summed E-state index contributed by atoms with van der Waals surface area (Å²) in [6.45, 7) is 7.15. The van der Waals surface area contributed by atoms with Crippen molar-refractivity contribution in [1.29, 1.82) is 0 Å². The second kappa shape index (κ2) is 9.72. The molecule has 0 saturated carbocycles. The molecule has 3 rings (SSSR count). The molecule has 1 aliphatic heterocycles. The number of carbonyl (C=O) groups excluding carboxylic acids is 1. The summed E-state index contributed by atoms with van der Waals surface area (Å²) in [6, 6.07) is 5.25. The lowest BCUT2D eigenvalue weighted by Gasteiger charge is -2.38. The van der Waals surface area contributed by atoms with E-state index in [1.807, 2.05) is 11.8 Å². The van der Waals surface area contributed by atoms with Gasteiger partial charge in [-0.05, 0) is 38.3 Å². The molecule has 1 fully saturated rings. The predicted molar refractivity (Wildman–Crippen MR) is 114 cm³/mol. The van der Waals surface area contributed by atoms with E-state index in [-0.39, 0.29) is 12.1 Å². The molecule has 0 bridgehead atoms. The fourth-order valence-corrected chi connectivity index (χ4v) is 4.04. The average Bonchev–Trinajstić information content (AvgIpc) is 3.12. The molecule has 0 radical (unpaired) electrons. The van der Waals surface area contributed by atoms with E-state index in [2.05, 4.69) is 27.1 Å². The van der Waals surface area contributed by atoms with Crippen LogP contribution in [-0.4, -0.2) is 58.5 Å². The first-order valence-corrected chi connectivity index (χ1v) is 10.7. The number of aromatic nitrogens is 2. The van der Waals surface area contributed by atoms with Gasteiger partial charge in [0.15, 0.2) is 0 Å². The van der Waals surface area contributed by atoms with Gasteiger partial charge in [0, 0.05) is 50.5 Å². The average molecular weight is 438 g/mol. The number of hydrogen-bond acceptors (Lipinski definition) is 3. The summed E-state index contributed by atoms with van der Waals surface area (Å²) < 4.78 is 38.3. The Morgan fingerprint density at radius 3 is 2.45 bits per heavy atom. The lowest BCUT2D eigenvalue weighted by atomic mass is 10.0. The summed E-state index contributed by atoms with van der Waals surface area (Å²) in [4.78, 5) is 24.2. The number of aromatic amines is 1. The van der Waals surface area contributed by atoms with Gasteiger partial charge in [-0.2, -0.15) is 13.2 Å². The summed E-state index contributed by atoms with van der Waals surface area (Å²) >= 11 is 0. The highest BCUT2D eigenvalue weighted by molar-refractivity contribution is 5.74. The molecule has 0 aliphatic carbocycles. The fraction of sp³-hybridized carbons (Fsp3) is 0.545. The van der Waals surface area contributed by atoms with Crippen LogP contribution in [-0.2, 0) is 12.7 Å². The van der Waals surface area contributed by atoms with Gasteiger partial charge in [-0.3, -0.25) is 4.90 Å². The van der Waals surface area contributed by atoms with Crippen LogP contribution in [0.1, 0.15) is 43.1 Å². The molecule has 2 heterocycles. The van der Waals surface area contributed by atoms with E-state index in [0.29, 0.717) is 17.9 Å². The van der Waals surface area contributed by atoms with Gasteiger partial charge in [-0.15, -0.1) is 0 Å². The number of rotatable bonds is 6. The quantitative estimate of drug-likeness (QED) is 0.703. The Morgan fingerprint density at radius 2 is 1.90 bits per heavy atom. The Hall–Kier alpha value is -2.55. The third kappa shape index (κ3) is 5.58. The zero-order valence-electron chi connectivity index (χ0n) is 18.2. The van der Waals surface area contributed by atoms with E-state index in [9.17, 15) is 18.0 Å². The fourth-order valence-electron chi connectivity index (χ4n) is 4.04. The molecule has 6 nitrogen and oxygen atoms in total. The van der Waals surface area contributed by atoms with Crippen LogP contribution in [0.5, 0.6) is 0 Å². The van der Waals surface area contributed by atoms with Gasteiger partial charge in [0.2, 0.25) is 0 Å². The van der Waals surface area contributed by atoms with Crippen LogP contribution >= 0.6 is 0 Å². The molecule has 0 unspecified atom stereocenters. The number of amides is 2. The normalized spacial score (nSPS) is 15.8. The SMILES string of the molecule is CCCN(C(=O)NC)C1CCN(Cc2nc(-c3ccc(C(F)(F)F)cc3)[nH]c2C)CC1. The molecule has 2 aromatic rings. The highest BCUT2D eigenvalue weighted by atomic mass is 19.4. The molecule has 31 heavy (non-hydrogen) atoms. The second-order valence-corrected chi connectivity index (χ2v) is 7.99. The third-order valence-electron chi connectivity index (χ3n) is 5.78. The number of aryl methyl sites for hydroxylation is 1. The number of H-pyrrole nitrogens is 1. The van der Waals surface area contributed by atoms with Gasteiger partial charge in [-0.25, -0.2) is 9.78 Å². The Bertz CT molecular complexity index is 870. The Balaban J connectivity index is 1.62. The van der Waals surface area contributed by atoms with Crippen LogP contribution in [0.2, 0.25) is 0 Å². The van der Waals surface area contributed by atoms with Crippen molar-refractivity contribution in [3.8, 4) is 11.4 Å². The third-order valence-corrected chi connectivity index (χ3v) is 5.78. The number of nitrogens with zero attached hydrogens (tertiary/aromatic N) is 3. The number of urea groups is 1. The number of halogens is 3. The summed E-state index contributed by atoms with van der Waals surface area (Å²) in [5, 5.41) is 2.73. The van der Waals surface area contributed by atoms with Crippen LogP contribution in [0, 0.1) is 6.92 Å². The van der Waals surface area contributed by atoms with E-state index in [0.717, 1.165) is 62.4 Å². The maximum absolute atomic E-state index is 12.8. The van der Waals surface area contributed by atoms with Gasteiger partial charge in [0.1, 0.15) is 5.82 Å². The van der Waals surface area contributed by atoms with Crippen molar-refractivity contribution in [1.82, 2.24) is 25.1 Å². The van der Waals surface area contributed by atoms with Gasteiger partial charge in [-0.1, -0.05) is 19.1 Å². The van der Waals surface area contributed by atoms with Gasteiger partial charge in [0.25, 0.3) is 0 Å². The lowest BCUT2D eigenvalue weighted by molar-refractivity contribution is -0.137. The van der Waals surface area contributed by atoms with Crippen molar-refractivity contribution < 1.29 is 18.0 Å². The van der Waals surface area contributed by atoms with Gasteiger partial charge >= 0.3 is 12.2 Å². The minimum Gasteiger partial charge on any atom is -0.342 e. The van der Waals surface area contributed by atoms with Crippen molar-refractivity contribution >= 4 is 6.03 Å². The number of imidazole rings is 1. The maximum atomic E-state index is 12.8. The second-order valence-electron chi connectivity index (χ2n) is 7.99. The highest BCUT2D eigenvalue weighted by Gasteiger charge is 2.30. The minimum absolute atomic E-state index is 0.0235. The first-order chi connectivity index (χ1) is 14.7. The molecular weight excluding hydrogens is 407 g/mol. The molecule has 170 valence electrons. The molecule has 1 aromatic heterocycles. The number of benzene rings is 1. The van der Waals surface area contributed by atoms with Gasteiger partial charge < -0.3 is 15.2 Å². The van der Waals surface area contributed by atoms with Crippen molar-refractivity contribution in [3.05, 3.63) is 41.2 Å². The molecule has 0 atom stereocenters. The first-order valence-electron chi connectivity index (χ1n) is 10.7. The highest BCUT2D eigenvalue weighted by Crippen LogP contribution is 2.30. The molecule has 9 heteroatoms. The monoisotopic (exact) mass is 437 g/mol. The maximum Gasteiger partial charge on any atom is 0.416 e. The number of carbonyl (C=O) groups is 1. The standard InChI is InChI=1S/C22H30F3N5O/c1-4-11-30(21(31)26-3)18-9-12-29(13-10-18)14-19-15(2)27-20(28-19)16-5-7-17(8-6-16)22(23,24)25/h5-8,18H,4,9-14H2,1-3H3,(H,26,31)(H,27,28). The van der Waals surface area contributed by atoms with E-state index < -0.39 is 11.7 Å². The van der Waals surface area contributed by atoms with Crippen molar-refractivity contribution in [2.24, 2.45) is 0 Å². The molecule has 2 amide bonds. The van der Waals surface area contributed by atoms with E-state index in [1.54, 1.807) is 7.05 Å². The van der Waals surface area contributed by atoms with Crippen LogP contribution in [0.15, 0.2) is 24.3 Å². The molecule has 1 aromatic carbocycles. The summed E-state index contributed by atoms with van der Waals surface area (Å²) in [5.74, 6) is 0.574. The number of hydrogen-bond donors (Lipinski definition) is 2. The van der Waals surface area contributed by atoms with E-state index >= 15 is 0 Å². The largest absolute Gasteiger partial charge is 0.416 e. The van der Waals surface area contributed by atoms with E-state index in [1.165, 1.54) is 12.1 Å². The summed E-state index contributed by atoms with van der Waals surface area (Å²) in [6.07, 6.45) is -1.61. The van der Waals surface area contributed by atoms with Crippen LogP contribution in [0.4, 0.5) is 18.0 Å². The molecule has 1 aliphatic rings. The Labute approximate surface area is 180 Å². The van der Waals surface area contributed by atoms with Gasteiger partial charge in [0.05, 0.1) is 11.3 Å². The summed E-state index contributed by atoms with van der Waals surface area (Å²) in [5.41, 5.74) is 1.76. The topological polar surface area (TPSA) is 64.3 Å². The Morgan fingerprint density at radius 1 is 1.26 bits per heavy atom. The summed E-state index contributed by atoms with van der Waals surface area (Å²) in [7, 11) is 1.66. The number of piperidine rings is 1.